The van der Waals surface area contributed by atoms with Crippen molar-refractivity contribution in [1.82, 2.24) is 4.57 Å². The van der Waals surface area contributed by atoms with Crippen LogP contribution in [0.5, 0.6) is 5.75 Å². The molecule has 0 spiro atoms. The number of aryl methyl sites for hydroxylation is 1. The van der Waals surface area contributed by atoms with Crippen molar-refractivity contribution in [2.45, 2.75) is 6.92 Å². The summed E-state index contributed by atoms with van der Waals surface area (Å²) in [5.74, 6) is 0.619. The number of aromatic nitrogens is 1. The molecule has 1 aliphatic heterocycles. The van der Waals surface area contributed by atoms with E-state index in [0.29, 0.717) is 27.7 Å². The van der Waals surface area contributed by atoms with Gasteiger partial charge in [0.1, 0.15) is 10.7 Å². The lowest BCUT2D eigenvalue weighted by molar-refractivity contribution is 0.412. The highest BCUT2D eigenvalue weighted by Crippen LogP contribution is 2.32. The van der Waals surface area contributed by atoms with Gasteiger partial charge in [-0.05, 0) is 42.8 Å². The first-order valence-corrected chi connectivity index (χ1v) is 8.57. The van der Waals surface area contributed by atoms with E-state index in [9.17, 15) is 4.79 Å². The van der Waals surface area contributed by atoms with Crippen LogP contribution < -0.4 is 20.9 Å². The maximum atomic E-state index is 13.2. The fraction of sp³-hybridized carbons (Fsp3) is 0.100. The molecule has 2 aromatic carbocycles. The number of anilines is 3. The van der Waals surface area contributed by atoms with Crippen LogP contribution in [-0.2, 0) is 0 Å². The second-order valence-electron chi connectivity index (χ2n) is 6.08. The summed E-state index contributed by atoms with van der Waals surface area (Å²) in [6, 6.07) is 15.2. The molecule has 0 unspecified atom stereocenters. The first-order chi connectivity index (χ1) is 12.6. The molecule has 6 heteroatoms. The van der Waals surface area contributed by atoms with Crippen LogP contribution in [0.15, 0.2) is 59.5 Å². The Kier molecular flexibility index (Phi) is 3.97. The first-order valence-electron chi connectivity index (χ1n) is 8.16. The normalized spacial score (nSPS) is 12.3. The average Bonchev–Trinajstić information content (AvgIpc) is 2.78. The highest BCUT2D eigenvalue weighted by molar-refractivity contribution is 7.81. The largest absolute Gasteiger partial charge is 0.495 e. The molecule has 0 aliphatic carbocycles. The molecule has 0 atom stereocenters. The molecule has 0 saturated heterocycles. The number of rotatable bonds is 2. The Morgan fingerprint density at radius 1 is 1.00 bits per heavy atom. The molecule has 5 nitrogen and oxygen atoms in total. The van der Waals surface area contributed by atoms with Gasteiger partial charge in [0, 0.05) is 6.20 Å². The van der Waals surface area contributed by atoms with Gasteiger partial charge in [0.25, 0.3) is 5.56 Å². The summed E-state index contributed by atoms with van der Waals surface area (Å²) in [5, 5.41) is 6.51. The van der Waals surface area contributed by atoms with Crippen LogP contribution in [0.4, 0.5) is 17.1 Å². The lowest BCUT2D eigenvalue weighted by atomic mass is 10.2. The molecule has 26 heavy (non-hydrogen) atoms. The Bertz CT molecular complexity index is 1090. The molecule has 0 amide bonds. The monoisotopic (exact) mass is 363 g/mol. The topological polar surface area (TPSA) is 55.3 Å². The first kappa shape index (κ1) is 16.4. The Hall–Kier alpha value is -3.12. The molecule has 130 valence electrons. The molecule has 2 N–H and O–H groups in total. The van der Waals surface area contributed by atoms with E-state index >= 15 is 0 Å². The van der Waals surface area contributed by atoms with Crippen molar-refractivity contribution >= 4 is 34.3 Å². The second kappa shape index (κ2) is 6.31. The summed E-state index contributed by atoms with van der Waals surface area (Å²) in [6.07, 6.45) is 1.73. The summed E-state index contributed by atoms with van der Waals surface area (Å²) >= 11 is 5.52. The van der Waals surface area contributed by atoms with Crippen LogP contribution in [0, 0.1) is 6.92 Å². The van der Waals surface area contributed by atoms with E-state index in [1.54, 1.807) is 17.9 Å². The average molecular weight is 363 g/mol. The van der Waals surface area contributed by atoms with E-state index in [2.05, 4.69) is 10.6 Å². The number of thiocarbonyl (C=S) groups is 1. The zero-order chi connectivity index (χ0) is 18.3. The van der Waals surface area contributed by atoms with Crippen LogP contribution >= 0.6 is 12.2 Å². The van der Waals surface area contributed by atoms with Crippen LogP contribution in [-0.4, -0.2) is 16.7 Å². The third kappa shape index (κ3) is 2.64. The Morgan fingerprint density at radius 3 is 2.62 bits per heavy atom. The van der Waals surface area contributed by atoms with Gasteiger partial charge in [-0.15, -0.1) is 0 Å². The number of methoxy groups -OCH3 is 1. The quantitative estimate of drug-likeness (QED) is 0.674. The van der Waals surface area contributed by atoms with E-state index in [-0.39, 0.29) is 5.56 Å². The van der Waals surface area contributed by atoms with Gasteiger partial charge in [-0.1, -0.05) is 30.4 Å². The van der Waals surface area contributed by atoms with Gasteiger partial charge < -0.3 is 15.4 Å². The second-order valence-corrected chi connectivity index (χ2v) is 6.49. The lowest BCUT2D eigenvalue weighted by Crippen LogP contribution is -2.27. The van der Waals surface area contributed by atoms with Crippen molar-refractivity contribution in [1.29, 1.82) is 0 Å². The molecule has 1 aliphatic rings. The number of nitrogens with one attached hydrogen (secondary N) is 2. The van der Waals surface area contributed by atoms with E-state index in [0.717, 1.165) is 16.9 Å². The number of pyridine rings is 1. The van der Waals surface area contributed by atoms with Crippen LogP contribution in [0.2, 0.25) is 0 Å². The van der Waals surface area contributed by atoms with Crippen molar-refractivity contribution in [3.05, 3.63) is 76.2 Å². The fourth-order valence-electron chi connectivity index (χ4n) is 3.08. The van der Waals surface area contributed by atoms with E-state index in [4.69, 9.17) is 17.0 Å². The number of ether oxygens (including phenoxy) is 1. The minimum Gasteiger partial charge on any atom is -0.495 e. The number of benzene rings is 2. The fourth-order valence-corrected chi connectivity index (χ4v) is 3.39. The Balaban J connectivity index is 1.90. The van der Waals surface area contributed by atoms with Crippen LogP contribution in [0.3, 0.4) is 0 Å². The van der Waals surface area contributed by atoms with Gasteiger partial charge in [0.2, 0.25) is 0 Å². The maximum Gasteiger partial charge on any atom is 0.267 e. The highest BCUT2D eigenvalue weighted by atomic mass is 32.1. The predicted molar refractivity (Wildman–Crippen MR) is 108 cm³/mol. The number of para-hydroxylation sites is 2. The molecular formula is C20H17N3O2S. The minimum absolute atomic E-state index is 0.207. The molecule has 0 fully saturated rings. The van der Waals surface area contributed by atoms with Crippen LogP contribution in [0.25, 0.3) is 5.69 Å². The van der Waals surface area contributed by atoms with Gasteiger partial charge in [0.15, 0.2) is 0 Å². The Labute approximate surface area is 156 Å². The van der Waals surface area contributed by atoms with E-state index in [1.165, 1.54) is 0 Å². The zero-order valence-corrected chi connectivity index (χ0v) is 15.2. The van der Waals surface area contributed by atoms with Crippen molar-refractivity contribution in [2.75, 3.05) is 17.7 Å². The standard InChI is InChI=1S/C20H17N3O2S/c1-12-7-8-13-15(11-12)21-14-9-10-23(20(24)18(14)19(26)22-13)16-5-3-4-6-17(16)25-2/h3-11,21H,1-2H3,(H,22,26). The van der Waals surface area contributed by atoms with Crippen molar-refractivity contribution in [2.24, 2.45) is 0 Å². The van der Waals surface area contributed by atoms with Crippen molar-refractivity contribution in [3.63, 3.8) is 0 Å². The van der Waals surface area contributed by atoms with Crippen molar-refractivity contribution < 1.29 is 4.74 Å². The third-order valence-electron chi connectivity index (χ3n) is 4.36. The summed E-state index contributed by atoms with van der Waals surface area (Å²) in [6.45, 7) is 2.02. The van der Waals surface area contributed by atoms with E-state index in [1.807, 2.05) is 55.5 Å². The molecule has 3 aromatic rings. The molecule has 1 aromatic heterocycles. The number of hydrogen-bond acceptors (Lipinski definition) is 4. The number of hydrogen-bond donors (Lipinski definition) is 2. The van der Waals surface area contributed by atoms with Gasteiger partial charge in [-0.3, -0.25) is 9.36 Å². The SMILES string of the molecule is COc1ccccc1-n1ccc2c(c1=O)C(=S)Nc1ccc(C)cc1N2. The highest BCUT2D eigenvalue weighted by Gasteiger charge is 2.21. The predicted octanol–water partition coefficient (Wildman–Crippen LogP) is 4.00. The summed E-state index contributed by atoms with van der Waals surface area (Å²) in [4.78, 5) is 13.6. The third-order valence-corrected chi connectivity index (χ3v) is 4.66. The molecule has 0 bridgehead atoms. The van der Waals surface area contributed by atoms with Crippen LogP contribution in [0.1, 0.15) is 11.1 Å². The lowest BCUT2D eigenvalue weighted by Gasteiger charge is -2.14. The van der Waals surface area contributed by atoms with Gasteiger partial charge >= 0.3 is 0 Å². The van der Waals surface area contributed by atoms with Gasteiger partial charge in [-0.25, -0.2) is 0 Å². The number of fused-ring (bicyclic) bond motifs is 2. The Morgan fingerprint density at radius 2 is 1.81 bits per heavy atom. The summed E-state index contributed by atoms with van der Waals surface area (Å²) in [7, 11) is 1.58. The summed E-state index contributed by atoms with van der Waals surface area (Å²) < 4.78 is 6.94. The molecule has 2 heterocycles. The van der Waals surface area contributed by atoms with E-state index < -0.39 is 0 Å². The molecule has 0 radical (unpaired) electrons. The smallest absolute Gasteiger partial charge is 0.267 e. The van der Waals surface area contributed by atoms with Gasteiger partial charge in [0.05, 0.1) is 35.4 Å². The van der Waals surface area contributed by atoms with Crippen molar-refractivity contribution in [3.8, 4) is 11.4 Å². The molecular weight excluding hydrogens is 346 g/mol. The molecule has 4 rings (SSSR count). The van der Waals surface area contributed by atoms with Gasteiger partial charge in [-0.2, -0.15) is 0 Å². The molecule has 0 saturated carbocycles. The minimum atomic E-state index is -0.207. The number of nitrogens with zero attached hydrogens (tertiary/aromatic N) is 1. The zero-order valence-electron chi connectivity index (χ0n) is 14.4. The maximum absolute atomic E-state index is 13.2. The summed E-state index contributed by atoms with van der Waals surface area (Å²) in [5.41, 5.74) is 4.44.